The van der Waals surface area contributed by atoms with Crippen LogP contribution in [0.3, 0.4) is 0 Å². The van der Waals surface area contributed by atoms with E-state index in [1.807, 2.05) is 42.0 Å². The Labute approximate surface area is 683 Å². The minimum absolute atomic E-state index is 0.00526. The zero-order valence-electron chi connectivity index (χ0n) is 72.6. The van der Waals surface area contributed by atoms with Gasteiger partial charge >= 0.3 is 6.03 Å². The smallest absolute Gasteiger partial charge is 0.320 e. The molecule has 25 heteroatoms. The van der Waals surface area contributed by atoms with Gasteiger partial charge in [-0.3, -0.25) is 19.6 Å². The lowest BCUT2D eigenvalue weighted by atomic mass is 9.82. The third kappa shape index (κ3) is 28.5. The Morgan fingerprint density at radius 2 is 1.18 bits per heavy atom. The molecule has 7 fully saturated rings. The molecule has 113 heavy (non-hydrogen) atoms. The van der Waals surface area contributed by atoms with Crippen molar-refractivity contribution in [2.24, 2.45) is 61.3 Å². The number of anilines is 1. The highest BCUT2D eigenvalue weighted by atomic mass is 79.9. The highest BCUT2D eigenvalue weighted by molar-refractivity contribution is 9.12. The number of hydrogen-bond acceptors (Lipinski definition) is 20. The summed E-state index contributed by atoms with van der Waals surface area (Å²) in [7, 11) is 0. The summed E-state index contributed by atoms with van der Waals surface area (Å²) in [4.78, 5) is 72.0. The van der Waals surface area contributed by atoms with Crippen molar-refractivity contribution in [2.45, 2.75) is 314 Å². The highest BCUT2D eigenvalue weighted by Crippen LogP contribution is 2.38. The molecule has 5 aromatic rings. The molecule has 624 valence electrons. The number of ketones is 1. The molecule has 5 aliphatic carbocycles. The van der Waals surface area contributed by atoms with Crippen molar-refractivity contribution in [3.05, 3.63) is 98.9 Å². The largest absolute Gasteiger partial charge is 0.369 e. The molecule has 3 unspecified atom stereocenters. The third-order valence-corrected chi connectivity index (χ3v) is 22.0. The lowest BCUT2D eigenvalue weighted by Gasteiger charge is -2.35. The number of hydrogen-bond donors (Lipinski definition) is 2. The molecular weight excluding hydrogens is 1490 g/mol. The summed E-state index contributed by atoms with van der Waals surface area (Å²) in [5.41, 5.74) is 1.12. The Balaban J connectivity index is 0.000000158. The van der Waals surface area contributed by atoms with Gasteiger partial charge in [-0.2, -0.15) is 20.1 Å². The summed E-state index contributed by atoms with van der Waals surface area (Å²) in [6, 6.07) is 11.7. The minimum Gasteiger partial charge on any atom is -0.369 e. The zero-order chi connectivity index (χ0) is 82.6. The van der Waals surface area contributed by atoms with E-state index >= 15 is 0 Å². The van der Waals surface area contributed by atoms with Crippen molar-refractivity contribution in [3.63, 3.8) is 0 Å². The number of nitrogens with one attached hydrogen (secondary N) is 2. The Bertz CT molecular complexity index is 3870. The molecular formula is C88H137BrFN17O6. The van der Waals surface area contributed by atoms with Crippen LogP contribution >= 0.6 is 15.9 Å². The number of dihydropyridines is 1. The van der Waals surface area contributed by atoms with E-state index in [2.05, 4.69) is 232 Å². The number of benzene rings is 1. The molecule has 0 radical (unpaired) electrons. The first-order valence-corrected chi connectivity index (χ1v) is 42.9. The summed E-state index contributed by atoms with van der Waals surface area (Å²) in [6.45, 7) is 52.0. The second-order valence-corrected chi connectivity index (χ2v) is 40.9. The van der Waals surface area contributed by atoms with Gasteiger partial charge in [-0.25, -0.2) is 14.2 Å². The van der Waals surface area contributed by atoms with E-state index in [9.17, 15) is 18.8 Å². The Morgan fingerprint density at radius 3 is 1.65 bits per heavy atom. The van der Waals surface area contributed by atoms with Crippen molar-refractivity contribution in [3.8, 4) is 0 Å². The first kappa shape index (κ1) is 89.6. The second-order valence-electron chi connectivity index (χ2n) is 40.0. The lowest BCUT2D eigenvalue weighted by molar-refractivity contribution is -0.123. The summed E-state index contributed by atoms with van der Waals surface area (Å²) in [5.74, 6) is 12.8. The molecule has 0 spiro atoms. The summed E-state index contributed by atoms with van der Waals surface area (Å²) >= 11 is 3.42. The molecule has 2 saturated heterocycles. The van der Waals surface area contributed by atoms with Gasteiger partial charge in [0.05, 0.1) is 23.7 Å². The molecule has 5 saturated carbocycles. The molecule has 15 rings (SSSR count). The number of fused-ring (bicyclic) bond motifs is 1. The SMILES string of the molecule is CC(C)(C(=O)CCCC1CC1)c1ccc(N2CCN(C(=O)c3ccccc3CF)CC2)nn1.CC(C)(C)C1=NC2N=CC(Br)=CC2N1.CC(C)(C)N1CCN(CC2CC2)C1=O.CC(C)(C)c1nc(CC2CC2)no1.CC(C)(C)c1nc(CC2CC2)no1.CC(C)(C)c1noc(CC2CC2)n1.CC(C)CC1CN=C(C(C)(C)C)N1. The number of amidine groups is 2. The van der Waals surface area contributed by atoms with Crippen LogP contribution in [0.5, 0.6) is 0 Å². The number of rotatable bonds is 19. The molecule has 2 N–H and O–H groups in total. The number of amides is 3. The molecule has 4 aromatic heterocycles. The topological polar surface area (TPSA) is 268 Å². The Kier molecular flexibility index (Phi) is 30.3. The molecule has 10 aliphatic rings. The number of carbonyl (C=O) groups is 3. The number of aliphatic imine (C=N–C) groups is 3. The quantitative estimate of drug-likeness (QED) is 0.0778. The average molecular weight is 1630 g/mol. The van der Waals surface area contributed by atoms with Crippen LogP contribution in [0.25, 0.3) is 0 Å². The van der Waals surface area contributed by atoms with Crippen LogP contribution in [0.15, 0.2) is 75.5 Å². The molecule has 3 atom stereocenters. The van der Waals surface area contributed by atoms with Gasteiger partial charge in [0, 0.05) is 126 Å². The maximum absolute atomic E-state index is 13.2. The molecule has 1 aromatic carbocycles. The normalized spacial score (nSPS) is 20.4. The van der Waals surface area contributed by atoms with Crippen LogP contribution in [0, 0.1) is 46.3 Å². The van der Waals surface area contributed by atoms with Crippen molar-refractivity contribution >= 4 is 57.4 Å². The fourth-order valence-corrected chi connectivity index (χ4v) is 13.6. The van der Waals surface area contributed by atoms with E-state index in [1.165, 1.54) is 76.5 Å². The van der Waals surface area contributed by atoms with Gasteiger partial charge in [-0.15, -0.1) is 5.10 Å². The number of Topliss-reactive ketones (excluding diaryl/α,β-unsaturated/α-hetero) is 1. The van der Waals surface area contributed by atoms with Gasteiger partial charge in [0.1, 0.15) is 24.1 Å². The third-order valence-electron chi connectivity index (χ3n) is 21.5. The van der Waals surface area contributed by atoms with Crippen molar-refractivity contribution < 1.29 is 32.3 Å². The maximum atomic E-state index is 13.2. The van der Waals surface area contributed by atoms with Crippen LogP contribution in [0.4, 0.5) is 15.0 Å². The van der Waals surface area contributed by atoms with Crippen LogP contribution in [0.2, 0.25) is 0 Å². The standard InChI is InChI=1S/C26H33FN4O2.C11H20N2O.C11H22N2.C10H14BrN3.3C10H16N2O/c1-26(2,23(32)9-5-6-19-10-11-19)22-12-13-24(29-28-22)30-14-16-31(17-15-30)25(33)21-8-4-3-7-20(21)18-27;1-11(2,3)13-7-6-12(10(13)14)8-9-4-5-9;1-8(2)6-9-7-12-10(13-9)11(3,4)5;1-10(2,3)9-13-7-4-6(11)5-12-8(7)14-9;1-10(2,3)9-11-8(13-12-9)6-7-4-5-7;2*1-10(2,3)9-11-8(12-13-9)6-7-4-5-7/h3-4,7-8,12-13,19H,5-6,9-11,14-18H2,1-2H3;9H,4-8H2,1-3H3;8-9H,6-7H2,1-5H3,(H,12,13);4-5,7-8H,1-3H3,(H,13,14);3*7H,4-6H2,1-3H3. The van der Waals surface area contributed by atoms with Crippen LogP contribution in [0.1, 0.15) is 299 Å². The Morgan fingerprint density at radius 1 is 0.611 bits per heavy atom. The van der Waals surface area contributed by atoms with Gasteiger partial charge in [0.15, 0.2) is 29.5 Å². The van der Waals surface area contributed by atoms with E-state index in [4.69, 9.17) is 13.6 Å². The van der Waals surface area contributed by atoms with Gasteiger partial charge in [-0.1, -0.05) is 171 Å². The first-order valence-electron chi connectivity index (χ1n) is 42.1. The van der Waals surface area contributed by atoms with E-state index < -0.39 is 12.1 Å². The highest BCUT2D eigenvalue weighted by Gasteiger charge is 2.40. The molecule has 5 aliphatic heterocycles. The second kappa shape index (κ2) is 38.2. The van der Waals surface area contributed by atoms with E-state index in [-0.39, 0.29) is 62.5 Å². The van der Waals surface area contributed by atoms with E-state index in [1.54, 1.807) is 29.2 Å². The predicted molar refractivity (Wildman–Crippen MR) is 452 cm³/mol. The number of nitrogens with zero attached hydrogens (tertiary/aromatic N) is 15. The Hall–Kier alpha value is -7.31. The van der Waals surface area contributed by atoms with Gasteiger partial charge in [0.25, 0.3) is 5.91 Å². The molecule has 23 nitrogen and oxygen atoms in total. The maximum Gasteiger partial charge on any atom is 0.320 e. The molecule has 3 amide bonds. The van der Waals surface area contributed by atoms with Crippen molar-refractivity contribution in [2.75, 3.05) is 57.3 Å². The monoisotopic (exact) mass is 1630 g/mol. The van der Waals surface area contributed by atoms with Gasteiger partial charge < -0.3 is 43.8 Å². The number of halogens is 2. The molecule has 0 bridgehead atoms. The summed E-state index contributed by atoms with van der Waals surface area (Å²) in [6.07, 6.45) is 24.1. The average Bonchev–Trinajstić information content (AvgIpc) is 1.45. The van der Waals surface area contributed by atoms with Crippen LogP contribution in [-0.4, -0.2) is 167 Å². The number of carbonyl (C=O) groups excluding carboxylic acids is 3. The van der Waals surface area contributed by atoms with Crippen molar-refractivity contribution in [1.29, 1.82) is 0 Å². The van der Waals surface area contributed by atoms with Crippen LogP contribution < -0.4 is 15.5 Å². The lowest BCUT2D eigenvalue weighted by Crippen LogP contribution is -2.49. The minimum atomic E-state index is -0.650. The summed E-state index contributed by atoms with van der Waals surface area (Å²) in [5, 5.41) is 27.6. The number of aromatic nitrogens is 8. The van der Waals surface area contributed by atoms with Crippen LogP contribution in [-0.2, 0) is 52.4 Å². The number of urea groups is 1. The van der Waals surface area contributed by atoms with E-state index in [0.29, 0.717) is 55.5 Å². The number of piperazine rings is 1. The number of alkyl halides is 1. The summed E-state index contributed by atoms with van der Waals surface area (Å²) < 4.78 is 29.8. The zero-order valence-corrected chi connectivity index (χ0v) is 74.2. The van der Waals surface area contributed by atoms with Crippen molar-refractivity contribution in [1.82, 2.24) is 66.0 Å². The fraction of sp³-hybridized carbons (Fsp3) is 0.727. The number of allylic oxidation sites excluding steroid dienone is 1. The first-order chi connectivity index (χ1) is 52.9. The fourth-order valence-electron chi connectivity index (χ4n) is 13.2. The van der Waals surface area contributed by atoms with Gasteiger partial charge in [0.2, 0.25) is 17.7 Å². The van der Waals surface area contributed by atoms with Gasteiger partial charge in [-0.05, 0) is 180 Å². The van der Waals surface area contributed by atoms with E-state index in [0.717, 1.165) is 145 Å². The molecule has 9 heterocycles. The predicted octanol–water partition coefficient (Wildman–Crippen LogP) is 17.8.